The lowest BCUT2D eigenvalue weighted by Crippen LogP contribution is -2.32. The summed E-state index contributed by atoms with van der Waals surface area (Å²) in [4.78, 5) is 20.6. The zero-order valence-electron chi connectivity index (χ0n) is 8.92. The van der Waals surface area contributed by atoms with E-state index in [0.29, 0.717) is 6.54 Å². The van der Waals surface area contributed by atoms with Gasteiger partial charge in [-0.25, -0.2) is 0 Å². The van der Waals surface area contributed by atoms with E-state index in [4.69, 9.17) is 5.11 Å². The first-order valence-corrected chi connectivity index (χ1v) is 4.87. The van der Waals surface area contributed by atoms with Gasteiger partial charge >= 0.3 is 5.97 Å². The van der Waals surface area contributed by atoms with E-state index in [2.05, 4.69) is 9.97 Å². The van der Waals surface area contributed by atoms with E-state index in [1.54, 1.807) is 18.6 Å². The lowest BCUT2D eigenvalue weighted by molar-refractivity contribution is -0.138. The summed E-state index contributed by atoms with van der Waals surface area (Å²) in [6, 6.07) is -0.0280. The number of aliphatic carboxylic acids is 1. The van der Waals surface area contributed by atoms with Crippen LogP contribution in [0.2, 0.25) is 0 Å². The largest absolute Gasteiger partial charge is 0.480 e. The summed E-state index contributed by atoms with van der Waals surface area (Å²) in [6.07, 6.45) is 4.87. The molecule has 5 heteroatoms. The number of aromatic nitrogens is 2. The molecule has 0 saturated carbocycles. The van der Waals surface area contributed by atoms with E-state index in [-0.39, 0.29) is 12.6 Å². The average molecular weight is 209 g/mol. The normalized spacial score (nSPS) is 12.7. The van der Waals surface area contributed by atoms with Crippen molar-refractivity contribution in [2.75, 3.05) is 13.1 Å². The standard InChI is InChI=1S/C10H15N3O2/c1-3-13(7-10(14)15)8(2)9-6-11-4-5-12-9/h4-6,8H,3,7H2,1-2H3,(H,14,15). The third-order valence-electron chi connectivity index (χ3n) is 2.30. The number of carbonyl (C=O) groups is 1. The van der Waals surface area contributed by atoms with Crippen LogP contribution < -0.4 is 0 Å². The van der Waals surface area contributed by atoms with Gasteiger partial charge in [-0.15, -0.1) is 0 Å². The number of nitrogens with zero attached hydrogens (tertiary/aromatic N) is 3. The van der Waals surface area contributed by atoms with Crippen LogP contribution in [0.3, 0.4) is 0 Å². The Hall–Kier alpha value is -1.49. The van der Waals surface area contributed by atoms with Gasteiger partial charge in [0.15, 0.2) is 0 Å². The molecule has 1 rings (SSSR count). The highest BCUT2D eigenvalue weighted by Crippen LogP contribution is 2.15. The SMILES string of the molecule is CCN(CC(=O)O)C(C)c1cnccn1. The van der Waals surface area contributed by atoms with E-state index in [9.17, 15) is 4.79 Å². The number of carboxylic acids is 1. The van der Waals surface area contributed by atoms with Gasteiger partial charge < -0.3 is 5.11 Å². The number of hydrogen-bond acceptors (Lipinski definition) is 4. The predicted molar refractivity (Wildman–Crippen MR) is 55.3 cm³/mol. The van der Waals surface area contributed by atoms with Gasteiger partial charge in [0.05, 0.1) is 18.3 Å². The molecule has 1 heterocycles. The summed E-state index contributed by atoms with van der Waals surface area (Å²) < 4.78 is 0. The maximum atomic E-state index is 10.6. The molecule has 0 radical (unpaired) electrons. The van der Waals surface area contributed by atoms with Crippen LogP contribution in [0.1, 0.15) is 25.6 Å². The van der Waals surface area contributed by atoms with E-state index in [1.807, 2.05) is 18.7 Å². The minimum atomic E-state index is -0.826. The summed E-state index contributed by atoms with van der Waals surface area (Å²) in [5.74, 6) is -0.826. The molecule has 0 amide bonds. The van der Waals surface area contributed by atoms with E-state index >= 15 is 0 Å². The lowest BCUT2D eigenvalue weighted by Gasteiger charge is -2.25. The molecule has 0 fully saturated rings. The van der Waals surface area contributed by atoms with E-state index in [0.717, 1.165) is 5.69 Å². The molecular formula is C10H15N3O2. The molecule has 1 N–H and O–H groups in total. The van der Waals surface area contributed by atoms with Crippen molar-refractivity contribution < 1.29 is 9.90 Å². The van der Waals surface area contributed by atoms with Crippen molar-refractivity contribution in [3.05, 3.63) is 24.3 Å². The molecule has 82 valence electrons. The molecule has 0 aliphatic carbocycles. The highest BCUT2D eigenvalue weighted by molar-refractivity contribution is 5.69. The van der Waals surface area contributed by atoms with Crippen molar-refractivity contribution in [2.45, 2.75) is 19.9 Å². The summed E-state index contributed by atoms with van der Waals surface area (Å²) in [5, 5.41) is 8.73. The molecule has 5 nitrogen and oxygen atoms in total. The maximum Gasteiger partial charge on any atom is 0.317 e. The van der Waals surface area contributed by atoms with Crippen LogP contribution in [-0.4, -0.2) is 39.0 Å². The van der Waals surface area contributed by atoms with Crippen molar-refractivity contribution >= 4 is 5.97 Å². The third kappa shape index (κ3) is 3.28. The summed E-state index contributed by atoms with van der Waals surface area (Å²) >= 11 is 0. The first-order valence-electron chi connectivity index (χ1n) is 4.87. The van der Waals surface area contributed by atoms with E-state index < -0.39 is 5.97 Å². The summed E-state index contributed by atoms with van der Waals surface area (Å²) in [6.45, 7) is 4.55. The molecule has 0 saturated heterocycles. The Labute approximate surface area is 88.8 Å². The first kappa shape index (κ1) is 11.6. The van der Waals surface area contributed by atoms with Crippen LogP contribution in [0.25, 0.3) is 0 Å². The Bertz CT molecular complexity index is 316. The fourth-order valence-corrected chi connectivity index (χ4v) is 1.41. The second kappa shape index (κ2) is 5.41. The smallest absolute Gasteiger partial charge is 0.317 e. The highest BCUT2D eigenvalue weighted by Gasteiger charge is 2.17. The van der Waals surface area contributed by atoms with Crippen molar-refractivity contribution in [1.82, 2.24) is 14.9 Å². The van der Waals surface area contributed by atoms with Crippen molar-refractivity contribution in [1.29, 1.82) is 0 Å². The minimum absolute atomic E-state index is 0.0221. The second-order valence-electron chi connectivity index (χ2n) is 3.26. The fraction of sp³-hybridized carbons (Fsp3) is 0.500. The molecule has 0 aliphatic heterocycles. The van der Waals surface area contributed by atoms with Crippen molar-refractivity contribution in [3.8, 4) is 0 Å². The Morgan fingerprint density at radius 2 is 2.33 bits per heavy atom. The Balaban J connectivity index is 2.73. The van der Waals surface area contributed by atoms with Crippen LogP contribution >= 0.6 is 0 Å². The molecular weight excluding hydrogens is 194 g/mol. The Morgan fingerprint density at radius 1 is 1.60 bits per heavy atom. The van der Waals surface area contributed by atoms with E-state index in [1.165, 1.54) is 0 Å². The molecule has 1 atom stereocenters. The zero-order chi connectivity index (χ0) is 11.3. The molecule has 0 aliphatic rings. The third-order valence-corrected chi connectivity index (χ3v) is 2.30. The molecule has 0 spiro atoms. The summed E-state index contributed by atoms with van der Waals surface area (Å²) in [7, 11) is 0. The van der Waals surface area contributed by atoms with Gasteiger partial charge in [0, 0.05) is 18.6 Å². The fourth-order valence-electron chi connectivity index (χ4n) is 1.41. The van der Waals surface area contributed by atoms with Gasteiger partial charge in [-0.1, -0.05) is 6.92 Å². The highest BCUT2D eigenvalue weighted by atomic mass is 16.4. The van der Waals surface area contributed by atoms with Crippen molar-refractivity contribution in [3.63, 3.8) is 0 Å². The summed E-state index contributed by atoms with van der Waals surface area (Å²) in [5.41, 5.74) is 0.792. The second-order valence-corrected chi connectivity index (χ2v) is 3.26. The first-order chi connectivity index (χ1) is 7.15. The van der Waals surface area contributed by atoms with Crippen LogP contribution in [0.5, 0.6) is 0 Å². The number of carboxylic acid groups (broad SMARTS) is 1. The monoisotopic (exact) mass is 209 g/mol. The van der Waals surface area contributed by atoms with Gasteiger partial charge in [0.2, 0.25) is 0 Å². The van der Waals surface area contributed by atoms with Gasteiger partial charge in [0.1, 0.15) is 0 Å². The van der Waals surface area contributed by atoms with Gasteiger partial charge in [-0.05, 0) is 13.5 Å². The molecule has 1 aromatic rings. The number of hydrogen-bond donors (Lipinski definition) is 1. The molecule has 0 aromatic carbocycles. The van der Waals surface area contributed by atoms with Crippen LogP contribution in [0.15, 0.2) is 18.6 Å². The molecule has 1 unspecified atom stereocenters. The van der Waals surface area contributed by atoms with Crippen LogP contribution in [0, 0.1) is 0 Å². The zero-order valence-corrected chi connectivity index (χ0v) is 8.92. The van der Waals surface area contributed by atoms with Crippen LogP contribution in [0.4, 0.5) is 0 Å². The molecule has 0 bridgehead atoms. The Morgan fingerprint density at radius 3 is 2.80 bits per heavy atom. The molecule has 1 aromatic heterocycles. The number of likely N-dealkylation sites (N-methyl/N-ethyl adjacent to an activating group) is 1. The molecule has 15 heavy (non-hydrogen) atoms. The average Bonchev–Trinajstić information content (AvgIpc) is 2.26. The maximum absolute atomic E-state index is 10.6. The van der Waals surface area contributed by atoms with Gasteiger partial charge in [-0.2, -0.15) is 0 Å². The number of rotatable bonds is 5. The van der Waals surface area contributed by atoms with Gasteiger partial charge in [0.25, 0.3) is 0 Å². The lowest BCUT2D eigenvalue weighted by atomic mass is 10.2. The Kier molecular flexibility index (Phi) is 4.17. The quantitative estimate of drug-likeness (QED) is 0.781. The van der Waals surface area contributed by atoms with Crippen molar-refractivity contribution in [2.24, 2.45) is 0 Å². The van der Waals surface area contributed by atoms with Gasteiger partial charge in [-0.3, -0.25) is 19.7 Å². The minimum Gasteiger partial charge on any atom is -0.480 e. The van der Waals surface area contributed by atoms with Crippen LogP contribution in [-0.2, 0) is 4.79 Å². The topological polar surface area (TPSA) is 66.3 Å². The predicted octanol–water partition coefficient (Wildman–Crippen LogP) is 0.944.